The molecule has 2 N–H and O–H groups in total. The smallest absolute Gasteiger partial charge is 0.406 e. The van der Waals surface area contributed by atoms with Gasteiger partial charge in [-0.1, -0.05) is 6.07 Å². The molecule has 0 aliphatic carbocycles. The average Bonchev–Trinajstić information content (AvgIpc) is 2.27. The number of hydrogen-bond donors (Lipinski definition) is 2. The molecule has 0 unspecified atom stereocenters. The van der Waals surface area contributed by atoms with Crippen LogP contribution >= 0.6 is 0 Å². The van der Waals surface area contributed by atoms with E-state index in [1.807, 2.05) is 0 Å². The molecule has 0 aliphatic rings. The van der Waals surface area contributed by atoms with Crippen LogP contribution in [0, 0.1) is 0 Å². The van der Waals surface area contributed by atoms with Gasteiger partial charge in [0, 0.05) is 18.2 Å². The van der Waals surface area contributed by atoms with Gasteiger partial charge in [0.25, 0.3) is 0 Å². The third-order valence-corrected chi connectivity index (χ3v) is 2.18. The van der Waals surface area contributed by atoms with Gasteiger partial charge in [0.05, 0.1) is 0 Å². The highest BCUT2D eigenvalue weighted by atomic mass is 19.4. The maximum absolute atomic E-state index is 12.0. The first-order valence-electron chi connectivity index (χ1n) is 5.71. The van der Waals surface area contributed by atoms with Crippen molar-refractivity contribution in [3.05, 3.63) is 24.3 Å². The number of benzene rings is 1. The first kappa shape index (κ1) is 15.3. The summed E-state index contributed by atoms with van der Waals surface area (Å²) in [4.78, 5) is 11.5. The number of alkyl halides is 3. The third kappa shape index (κ3) is 6.66. The summed E-state index contributed by atoms with van der Waals surface area (Å²) in [5.41, 5.74) is 0.274. The van der Waals surface area contributed by atoms with Crippen molar-refractivity contribution in [2.24, 2.45) is 0 Å². The quantitative estimate of drug-likeness (QED) is 0.785. The van der Waals surface area contributed by atoms with E-state index in [4.69, 9.17) is 0 Å². The molecule has 7 heteroatoms. The Morgan fingerprint density at radius 2 is 2.11 bits per heavy atom. The molecule has 0 radical (unpaired) electrons. The molecular weight excluding hydrogens is 261 g/mol. The van der Waals surface area contributed by atoms with Crippen LogP contribution < -0.4 is 15.4 Å². The second-order valence-electron chi connectivity index (χ2n) is 3.83. The molecule has 0 fully saturated rings. The van der Waals surface area contributed by atoms with Crippen molar-refractivity contribution in [2.75, 3.05) is 18.9 Å². The summed E-state index contributed by atoms with van der Waals surface area (Å²) in [6.07, 6.45) is -3.79. The van der Waals surface area contributed by atoms with Gasteiger partial charge in [0.1, 0.15) is 5.75 Å². The summed E-state index contributed by atoms with van der Waals surface area (Å²) < 4.78 is 39.8. The van der Waals surface area contributed by atoms with Crippen molar-refractivity contribution in [3.63, 3.8) is 0 Å². The molecule has 1 amide bonds. The van der Waals surface area contributed by atoms with Gasteiger partial charge in [-0.2, -0.15) is 0 Å². The highest BCUT2D eigenvalue weighted by Crippen LogP contribution is 2.25. The summed E-state index contributed by atoms with van der Waals surface area (Å²) in [6.45, 7) is 0.699. The lowest BCUT2D eigenvalue weighted by Crippen LogP contribution is -2.18. The van der Waals surface area contributed by atoms with Gasteiger partial charge in [-0.05, 0) is 32.1 Å². The van der Waals surface area contributed by atoms with Crippen molar-refractivity contribution >= 4 is 11.6 Å². The number of nitrogens with one attached hydrogen (secondary N) is 2. The first-order valence-corrected chi connectivity index (χ1v) is 5.71. The number of amides is 1. The molecule has 0 saturated carbocycles. The van der Waals surface area contributed by atoms with Crippen LogP contribution in [0.3, 0.4) is 0 Å². The minimum Gasteiger partial charge on any atom is -0.406 e. The molecule has 1 aromatic carbocycles. The molecule has 0 aliphatic heterocycles. The second-order valence-corrected chi connectivity index (χ2v) is 3.83. The number of rotatable bonds is 6. The average molecular weight is 276 g/mol. The fourth-order valence-electron chi connectivity index (χ4n) is 1.42. The SMILES string of the molecule is CNCCCC(=O)Nc1cccc(OC(F)(F)F)c1. The number of ether oxygens (including phenoxy) is 1. The fraction of sp³-hybridized carbons (Fsp3) is 0.417. The Morgan fingerprint density at radius 3 is 2.74 bits per heavy atom. The number of anilines is 1. The van der Waals surface area contributed by atoms with Gasteiger partial charge in [0.2, 0.25) is 5.91 Å². The fourth-order valence-corrected chi connectivity index (χ4v) is 1.42. The Kier molecular flexibility index (Phi) is 5.62. The van der Waals surface area contributed by atoms with Crippen LogP contribution in [0.2, 0.25) is 0 Å². The maximum Gasteiger partial charge on any atom is 0.573 e. The molecule has 4 nitrogen and oxygen atoms in total. The number of carbonyl (C=O) groups excluding carboxylic acids is 1. The zero-order valence-corrected chi connectivity index (χ0v) is 10.4. The Bertz CT molecular complexity index is 422. The van der Waals surface area contributed by atoms with Crippen LogP contribution in [-0.4, -0.2) is 25.9 Å². The third-order valence-electron chi connectivity index (χ3n) is 2.18. The van der Waals surface area contributed by atoms with E-state index in [0.29, 0.717) is 19.4 Å². The summed E-state index contributed by atoms with van der Waals surface area (Å²) >= 11 is 0. The largest absolute Gasteiger partial charge is 0.573 e. The predicted molar refractivity (Wildman–Crippen MR) is 64.9 cm³/mol. The lowest BCUT2D eigenvalue weighted by atomic mass is 10.2. The van der Waals surface area contributed by atoms with Crippen LogP contribution in [0.15, 0.2) is 24.3 Å². The molecule has 0 saturated heterocycles. The van der Waals surface area contributed by atoms with E-state index in [1.54, 1.807) is 7.05 Å². The Labute approximate surface area is 108 Å². The Morgan fingerprint density at radius 1 is 1.37 bits per heavy atom. The zero-order valence-electron chi connectivity index (χ0n) is 10.4. The van der Waals surface area contributed by atoms with Crippen LogP contribution in [0.25, 0.3) is 0 Å². The van der Waals surface area contributed by atoms with Gasteiger partial charge in [0.15, 0.2) is 0 Å². The monoisotopic (exact) mass is 276 g/mol. The molecule has 0 atom stereocenters. The van der Waals surface area contributed by atoms with E-state index in [1.165, 1.54) is 18.2 Å². The predicted octanol–water partition coefficient (Wildman–Crippen LogP) is 2.52. The van der Waals surface area contributed by atoms with Gasteiger partial charge in [-0.25, -0.2) is 0 Å². The lowest BCUT2D eigenvalue weighted by Gasteiger charge is -2.10. The maximum atomic E-state index is 12.0. The van der Waals surface area contributed by atoms with Crippen molar-refractivity contribution in [2.45, 2.75) is 19.2 Å². The number of halogens is 3. The van der Waals surface area contributed by atoms with Crippen molar-refractivity contribution in [1.82, 2.24) is 5.32 Å². The van der Waals surface area contributed by atoms with Gasteiger partial charge in [-0.3, -0.25) is 4.79 Å². The Balaban J connectivity index is 2.54. The van der Waals surface area contributed by atoms with Crippen LogP contribution in [-0.2, 0) is 4.79 Å². The van der Waals surface area contributed by atoms with Crippen LogP contribution in [0.4, 0.5) is 18.9 Å². The van der Waals surface area contributed by atoms with E-state index in [9.17, 15) is 18.0 Å². The molecule has 0 spiro atoms. The zero-order chi connectivity index (χ0) is 14.3. The van der Waals surface area contributed by atoms with Crippen molar-refractivity contribution in [1.29, 1.82) is 0 Å². The summed E-state index contributed by atoms with van der Waals surface area (Å²) in [5.74, 6) is -0.611. The van der Waals surface area contributed by atoms with Crippen molar-refractivity contribution in [3.8, 4) is 5.75 Å². The topological polar surface area (TPSA) is 50.4 Å². The lowest BCUT2D eigenvalue weighted by molar-refractivity contribution is -0.274. The first-order chi connectivity index (χ1) is 8.90. The van der Waals surface area contributed by atoms with Crippen molar-refractivity contribution < 1.29 is 22.7 Å². The normalized spacial score (nSPS) is 11.2. The van der Waals surface area contributed by atoms with Gasteiger partial charge >= 0.3 is 6.36 Å². The van der Waals surface area contributed by atoms with E-state index in [-0.39, 0.29) is 17.3 Å². The van der Waals surface area contributed by atoms with Gasteiger partial charge < -0.3 is 15.4 Å². The molecule has 0 bridgehead atoms. The van der Waals surface area contributed by atoms with E-state index < -0.39 is 6.36 Å². The summed E-state index contributed by atoms with van der Waals surface area (Å²) in [5, 5.41) is 5.41. The molecule has 106 valence electrons. The highest BCUT2D eigenvalue weighted by Gasteiger charge is 2.31. The molecule has 1 rings (SSSR count). The second kappa shape index (κ2) is 6.98. The van der Waals surface area contributed by atoms with Crippen LogP contribution in [0.5, 0.6) is 5.75 Å². The minimum absolute atomic E-state index is 0.251. The summed E-state index contributed by atoms with van der Waals surface area (Å²) in [6, 6.07) is 5.18. The molecule has 0 aromatic heterocycles. The number of hydrogen-bond acceptors (Lipinski definition) is 3. The molecular formula is C12H15F3N2O2. The molecule has 1 aromatic rings. The minimum atomic E-state index is -4.74. The van der Waals surface area contributed by atoms with E-state index in [0.717, 1.165) is 6.07 Å². The number of carbonyl (C=O) groups is 1. The van der Waals surface area contributed by atoms with Gasteiger partial charge in [-0.15, -0.1) is 13.2 Å². The van der Waals surface area contributed by atoms with E-state index in [2.05, 4.69) is 15.4 Å². The summed E-state index contributed by atoms with van der Waals surface area (Å²) in [7, 11) is 1.77. The highest BCUT2D eigenvalue weighted by molar-refractivity contribution is 5.90. The Hall–Kier alpha value is -1.76. The molecule has 19 heavy (non-hydrogen) atoms. The molecule has 0 heterocycles. The standard InChI is InChI=1S/C12H15F3N2O2/c1-16-7-3-6-11(18)17-9-4-2-5-10(8-9)19-12(13,14)15/h2,4-5,8,16H,3,6-7H2,1H3,(H,17,18). The van der Waals surface area contributed by atoms with Crippen LogP contribution in [0.1, 0.15) is 12.8 Å². The van der Waals surface area contributed by atoms with E-state index >= 15 is 0 Å².